The van der Waals surface area contributed by atoms with Crippen LogP contribution in [-0.4, -0.2) is 41.3 Å². The van der Waals surface area contributed by atoms with Gasteiger partial charge < -0.3 is 4.90 Å². The summed E-state index contributed by atoms with van der Waals surface area (Å²) >= 11 is 0. The van der Waals surface area contributed by atoms with E-state index in [1.807, 2.05) is 12.1 Å². The normalized spacial score (nSPS) is 19.1. The van der Waals surface area contributed by atoms with Crippen LogP contribution in [0.5, 0.6) is 0 Å². The number of benzene rings is 1. The molecular formula is C18H21FN4. The van der Waals surface area contributed by atoms with Gasteiger partial charge in [-0.2, -0.15) is 5.10 Å². The van der Waals surface area contributed by atoms with Crippen molar-refractivity contribution >= 4 is 5.82 Å². The summed E-state index contributed by atoms with van der Waals surface area (Å²) in [5.41, 5.74) is 2.30. The van der Waals surface area contributed by atoms with Crippen molar-refractivity contribution in [2.75, 3.05) is 31.1 Å². The first kappa shape index (κ1) is 14.6. The molecule has 5 heteroatoms. The largest absolute Gasteiger partial charge is 0.353 e. The van der Waals surface area contributed by atoms with Crippen LogP contribution in [-0.2, 0) is 6.54 Å². The summed E-state index contributed by atoms with van der Waals surface area (Å²) in [6.07, 6.45) is 2.52. The van der Waals surface area contributed by atoms with E-state index in [9.17, 15) is 4.39 Å². The number of halogens is 1. The highest BCUT2D eigenvalue weighted by atomic mass is 19.1. The van der Waals surface area contributed by atoms with Crippen LogP contribution < -0.4 is 4.90 Å². The third-order valence-electron chi connectivity index (χ3n) is 4.68. The summed E-state index contributed by atoms with van der Waals surface area (Å²) in [5, 5.41) is 8.77. The van der Waals surface area contributed by atoms with Gasteiger partial charge in [0.15, 0.2) is 5.82 Å². The van der Waals surface area contributed by atoms with E-state index in [1.165, 1.54) is 25.0 Å². The second-order valence-corrected chi connectivity index (χ2v) is 6.48. The molecule has 4 nitrogen and oxygen atoms in total. The molecular weight excluding hydrogens is 291 g/mol. The van der Waals surface area contributed by atoms with E-state index in [4.69, 9.17) is 0 Å². The molecule has 0 atom stereocenters. The molecule has 2 heterocycles. The van der Waals surface area contributed by atoms with E-state index < -0.39 is 0 Å². The van der Waals surface area contributed by atoms with Gasteiger partial charge in [-0.15, -0.1) is 5.10 Å². The average Bonchev–Trinajstić information content (AvgIpc) is 3.43. The Hall–Kier alpha value is -2.01. The number of anilines is 1. The third-order valence-corrected chi connectivity index (χ3v) is 4.68. The van der Waals surface area contributed by atoms with E-state index in [-0.39, 0.29) is 5.82 Å². The fourth-order valence-electron chi connectivity index (χ4n) is 3.08. The molecule has 0 spiro atoms. The molecule has 0 unspecified atom stereocenters. The van der Waals surface area contributed by atoms with Crippen molar-refractivity contribution in [3.05, 3.63) is 53.5 Å². The SMILES string of the molecule is Fc1ccc(CN2CCN(c3ccc(C4CC4)nn3)CC2)cc1. The zero-order chi connectivity index (χ0) is 15.6. The van der Waals surface area contributed by atoms with Gasteiger partial charge in [0.05, 0.1) is 5.69 Å². The second-order valence-electron chi connectivity index (χ2n) is 6.48. The molecule has 0 radical (unpaired) electrons. The Bertz CT molecular complexity index is 644. The van der Waals surface area contributed by atoms with Crippen LogP contribution in [0, 0.1) is 5.82 Å². The maximum absolute atomic E-state index is 13.0. The number of aromatic nitrogens is 2. The van der Waals surface area contributed by atoms with Gasteiger partial charge in [0.25, 0.3) is 0 Å². The van der Waals surface area contributed by atoms with Gasteiger partial charge in [-0.3, -0.25) is 4.90 Å². The Morgan fingerprint density at radius 3 is 2.26 bits per heavy atom. The van der Waals surface area contributed by atoms with E-state index in [0.29, 0.717) is 5.92 Å². The standard InChI is InChI=1S/C18H21FN4/c19-16-5-1-14(2-6-16)13-22-9-11-23(12-10-22)18-8-7-17(20-21-18)15-3-4-15/h1-2,5-8,15H,3-4,9-13H2. The first-order valence-electron chi connectivity index (χ1n) is 8.33. The third kappa shape index (κ3) is 3.50. The highest BCUT2D eigenvalue weighted by Crippen LogP contribution is 2.38. The van der Waals surface area contributed by atoms with E-state index >= 15 is 0 Å². The van der Waals surface area contributed by atoms with Gasteiger partial charge in [-0.25, -0.2) is 4.39 Å². The van der Waals surface area contributed by atoms with Gasteiger partial charge in [-0.05, 0) is 42.7 Å². The quantitative estimate of drug-likeness (QED) is 0.869. The van der Waals surface area contributed by atoms with Crippen molar-refractivity contribution in [2.45, 2.75) is 25.3 Å². The van der Waals surface area contributed by atoms with Crippen LogP contribution >= 0.6 is 0 Å². The fraction of sp³-hybridized carbons (Fsp3) is 0.444. The van der Waals surface area contributed by atoms with Crippen molar-refractivity contribution in [1.29, 1.82) is 0 Å². The smallest absolute Gasteiger partial charge is 0.151 e. The van der Waals surface area contributed by atoms with Gasteiger partial charge in [-0.1, -0.05) is 12.1 Å². The maximum atomic E-state index is 13.0. The Kier molecular flexibility index (Phi) is 3.95. The minimum absolute atomic E-state index is 0.174. The highest BCUT2D eigenvalue weighted by molar-refractivity contribution is 5.38. The molecule has 0 amide bonds. The molecule has 1 saturated carbocycles. The lowest BCUT2D eigenvalue weighted by atomic mass is 10.2. The van der Waals surface area contributed by atoms with Crippen LogP contribution in [0.25, 0.3) is 0 Å². The van der Waals surface area contributed by atoms with Crippen LogP contribution in [0.15, 0.2) is 36.4 Å². The Balaban J connectivity index is 1.32. The van der Waals surface area contributed by atoms with E-state index in [0.717, 1.165) is 49.8 Å². The molecule has 2 aliphatic rings. The summed E-state index contributed by atoms with van der Waals surface area (Å²) in [6, 6.07) is 11.0. The summed E-state index contributed by atoms with van der Waals surface area (Å²) in [7, 11) is 0. The lowest BCUT2D eigenvalue weighted by Gasteiger charge is -2.35. The number of piperazine rings is 1. The van der Waals surface area contributed by atoms with Crippen molar-refractivity contribution in [3.63, 3.8) is 0 Å². The van der Waals surface area contributed by atoms with Crippen molar-refractivity contribution < 1.29 is 4.39 Å². The number of hydrogen-bond acceptors (Lipinski definition) is 4. The topological polar surface area (TPSA) is 32.3 Å². The monoisotopic (exact) mass is 312 g/mol. The van der Waals surface area contributed by atoms with Gasteiger partial charge in [0.2, 0.25) is 0 Å². The summed E-state index contributed by atoms with van der Waals surface area (Å²) in [4.78, 5) is 4.70. The first-order chi connectivity index (χ1) is 11.3. The molecule has 1 saturated heterocycles. The summed E-state index contributed by atoms with van der Waals surface area (Å²) in [6.45, 7) is 4.77. The van der Waals surface area contributed by atoms with Gasteiger partial charge >= 0.3 is 0 Å². The second kappa shape index (κ2) is 6.24. The zero-order valence-corrected chi connectivity index (χ0v) is 13.2. The molecule has 2 fully saturated rings. The fourth-order valence-corrected chi connectivity index (χ4v) is 3.08. The molecule has 1 aliphatic carbocycles. The molecule has 0 bridgehead atoms. The predicted octanol–water partition coefficient (Wildman–Crippen LogP) is 2.82. The predicted molar refractivity (Wildman–Crippen MR) is 87.9 cm³/mol. The van der Waals surface area contributed by atoms with E-state index in [2.05, 4.69) is 32.1 Å². The number of nitrogens with zero attached hydrogens (tertiary/aromatic N) is 4. The maximum Gasteiger partial charge on any atom is 0.151 e. The molecule has 0 N–H and O–H groups in total. The van der Waals surface area contributed by atoms with Crippen molar-refractivity contribution in [3.8, 4) is 0 Å². The summed E-state index contributed by atoms with van der Waals surface area (Å²) in [5.74, 6) is 1.46. The molecule has 4 rings (SSSR count). The summed E-state index contributed by atoms with van der Waals surface area (Å²) < 4.78 is 13.0. The van der Waals surface area contributed by atoms with E-state index in [1.54, 1.807) is 0 Å². The Morgan fingerprint density at radius 2 is 1.65 bits per heavy atom. The van der Waals surface area contributed by atoms with Crippen LogP contribution in [0.2, 0.25) is 0 Å². The zero-order valence-electron chi connectivity index (χ0n) is 13.2. The van der Waals surface area contributed by atoms with Crippen LogP contribution in [0.1, 0.15) is 30.0 Å². The highest BCUT2D eigenvalue weighted by Gasteiger charge is 2.26. The minimum Gasteiger partial charge on any atom is -0.353 e. The van der Waals surface area contributed by atoms with Gasteiger partial charge in [0, 0.05) is 38.6 Å². The molecule has 23 heavy (non-hydrogen) atoms. The lowest BCUT2D eigenvalue weighted by Crippen LogP contribution is -2.46. The molecule has 1 aliphatic heterocycles. The van der Waals surface area contributed by atoms with Gasteiger partial charge in [0.1, 0.15) is 5.82 Å². The first-order valence-corrected chi connectivity index (χ1v) is 8.33. The van der Waals surface area contributed by atoms with Crippen molar-refractivity contribution in [2.24, 2.45) is 0 Å². The number of rotatable bonds is 4. The average molecular weight is 312 g/mol. The molecule has 1 aromatic carbocycles. The molecule has 1 aromatic heterocycles. The lowest BCUT2D eigenvalue weighted by molar-refractivity contribution is 0.249. The molecule has 120 valence electrons. The molecule has 2 aromatic rings. The Morgan fingerprint density at radius 1 is 0.913 bits per heavy atom. The Labute approximate surface area is 135 Å². The van der Waals surface area contributed by atoms with Crippen LogP contribution in [0.4, 0.5) is 10.2 Å². The van der Waals surface area contributed by atoms with Crippen LogP contribution in [0.3, 0.4) is 0 Å². The number of hydrogen-bond donors (Lipinski definition) is 0. The minimum atomic E-state index is -0.174. The van der Waals surface area contributed by atoms with Crippen molar-refractivity contribution in [1.82, 2.24) is 15.1 Å².